The van der Waals surface area contributed by atoms with Crippen LogP contribution in [-0.4, -0.2) is 0 Å². The molecule has 260 valence electrons. The molecule has 0 radical (unpaired) electrons. The first-order valence-electron chi connectivity index (χ1n) is 18.7. The van der Waals surface area contributed by atoms with E-state index in [0.29, 0.717) is 0 Å². The number of anilines is 5. The lowest BCUT2D eigenvalue weighted by molar-refractivity contribution is 0.961. The van der Waals surface area contributed by atoms with Gasteiger partial charge in [0.15, 0.2) is 0 Å². The van der Waals surface area contributed by atoms with Crippen molar-refractivity contribution in [3.63, 3.8) is 0 Å². The highest BCUT2D eigenvalue weighted by molar-refractivity contribution is 5.84. The van der Waals surface area contributed by atoms with Crippen molar-refractivity contribution in [1.82, 2.24) is 0 Å². The average Bonchev–Trinajstić information content (AvgIpc) is 3.18. The second-order valence-corrected chi connectivity index (χ2v) is 13.1. The summed E-state index contributed by atoms with van der Waals surface area (Å²) in [6.45, 7) is 15.1. The van der Waals surface area contributed by atoms with Crippen LogP contribution in [0.5, 0.6) is 0 Å². The Morgan fingerprint density at radius 1 is 0.725 bits per heavy atom. The quantitative estimate of drug-likeness (QED) is 0.129. The number of fused-ring (bicyclic) bond motifs is 1. The van der Waals surface area contributed by atoms with Crippen molar-refractivity contribution in [1.29, 1.82) is 0 Å². The Balaban J connectivity index is 0.00000248. The normalized spacial score (nSPS) is 12.6. The predicted octanol–water partition coefficient (Wildman–Crippen LogP) is 14.7. The molecule has 0 saturated carbocycles. The van der Waals surface area contributed by atoms with Crippen molar-refractivity contribution in [3.8, 4) is 0 Å². The summed E-state index contributed by atoms with van der Waals surface area (Å²) in [5.41, 5.74) is 14.9. The first-order valence-corrected chi connectivity index (χ1v) is 18.7. The molecule has 0 saturated heterocycles. The lowest BCUT2D eigenvalue weighted by atomic mass is 9.94. The summed E-state index contributed by atoms with van der Waals surface area (Å²) in [5.74, 6) is 0.218. The van der Waals surface area contributed by atoms with Gasteiger partial charge in [-0.3, -0.25) is 0 Å². The van der Waals surface area contributed by atoms with Gasteiger partial charge in [0.05, 0.1) is 11.4 Å². The molecule has 1 unspecified atom stereocenters. The van der Waals surface area contributed by atoms with Crippen LogP contribution >= 0.6 is 0 Å². The van der Waals surface area contributed by atoms with Crippen LogP contribution in [0.15, 0.2) is 157 Å². The fraction of sp³-hybridized carbons (Fsp3) is 0.224. The van der Waals surface area contributed by atoms with Gasteiger partial charge in [-0.1, -0.05) is 136 Å². The fourth-order valence-electron chi connectivity index (χ4n) is 6.69. The third-order valence-corrected chi connectivity index (χ3v) is 9.34. The molecule has 1 aliphatic rings. The van der Waals surface area contributed by atoms with Crippen molar-refractivity contribution >= 4 is 40.6 Å². The molecule has 0 bridgehead atoms. The second kappa shape index (κ2) is 18.1. The number of para-hydroxylation sites is 2. The smallest absolute Gasteiger partial charge is 0.0536 e. The van der Waals surface area contributed by atoms with Crippen LogP contribution < -0.4 is 9.80 Å². The molecule has 0 N–H and O–H groups in total. The summed E-state index contributed by atoms with van der Waals surface area (Å²) in [4.78, 5) is 4.81. The minimum atomic E-state index is 0.218. The largest absolute Gasteiger partial charge is 0.310 e. The van der Waals surface area contributed by atoms with Crippen LogP contribution in [0.25, 0.3) is 12.2 Å². The van der Waals surface area contributed by atoms with E-state index in [9.17, 15) is 0 Å². The molecule has 6 rings (SSSR count). The van der Waals surface area contributed by atoms with Crippen molar-refractivity contribution in [2.45, 2.75) is 73.6 Å². The summed E-state index contributed by atoms with van der Waals surface area (Å²) in [5, 5.41) is 0. The maximum atomic E-state index is 2.41. The summed E-state index contributed by atoms with van der Waals surface area (Å²) in [7, 11) is 0. The van der Waals surface area contributed by atoms with E-state index in [0.717, 1.165) is 36.3 Å². The van der Waals surface area contributed by atoms with Gasteiger partial charge in [0, 0.05) is 33.9 Å². The molecule has 2 nitrogen and oxygen atoms in total. The summed E-state index contributed by atoms with van der Waals surface area (Å²) in [6.07, 6.45) is 17.0. The average molecular weight is 671 g/mol. The topological polar surface area (TPSA) is 6.48 Å². The molecular weight excluding hydrogens is 617 g/mol. The number of hydrogen-bond acceptors (Lipinski definition) is 2. The van der Waals surface area contributed by atoms with Gasteiger partial charge in [-0.25, -0.2) is 0 Å². The number of aryl methyl sites for hydroxylation is 2. The first kappa shape index (κ1) is 36.9. The number of nitrogens with zero attached hydrogens (tertiary/aromatic N) is 2. The van der Waals surface area contributed by atoms with Gasteiger partial charge in [-0.15, -0.1) is 0 Å². The molecule has 0 fully saturated rings. The SMILES string of the molecule is CC.CC/C=C\c1c(C)cccc1N(C(/C=C\C(C)c1ccc(N(c2ccccc2)c2cccc3c2C=CCC3)cc1)=C(C)C)c1ccccc1. The lowest BCUT2D eigenvalue weighted by Gasteiger charge is -2.30. The molecule has 0 aliphatic heterocycles. The van der Waals surface area contributed by atoms with Crippen molar-refractivity contribution in [2.24, 2.45) is 0 Å². The van der Waals surface area contributed by atoms with Gasteiger partial charge in [0.1, 0.15) is 0 Å². The predicted molar refractivity (Wildman–Crippen MR) is 225 cm³/mol. The van der Waals surface area contributed by atoms with Crippen molar-refractivity contribution < 1.29 is 0 Å². The van der Waals surface area contributed by atoms with E-state index < -0.39 is 0 Å². The molecule has 1 aliphatic carbocycles. The Morgan fingerprint density at radius 2 is 1.35 bits per heavy atom. The summed E-state index contributed by atoms with van der Waals surface area (Å²) >= 11 is 0. The van der Waals surface area contributed by atoms with Crippen LogP contribution in [0.3, 0.4) is 0 Å². The Hall–Kier alpha value is -5.34. The molecule has 2 heteroatoms. The van der Waals surface area contributed by atoms with E-state index >= 15 is 0 Å². The van der Waals surface area contributed by atoms with Crippen LogP contribution in [0, 0.1) is 6.92 Å². The van der Waals surface area contributed by atoms with Crippen molar-refractivity contribution in [2.75, 3.05) is 9.80 Å². The monoisotopic (exact) mass is 670 g/mol. The van der Waals surface area contributed by atoms with Gasteiger partial charge in [-0.05, 0) is 117 Å². The highest BCUT2D eigenvalue weighted by atomic mass is 15.2. The van der Waals surface area contributed by atoms with E-state index in [4.69, 9.17) is 0 Å². The minimum Gasteiger partial charge on any atom is -0.310 e. The third kappa shape index (κ3) is 8.70. The molecule has 5 aromatic rings. The zero-order valence-electron chi connectivity index (χ0n) is 31.6. The van der Waals surface area contributed by atoms with Crippen LogP contribution in [0.2, 0.25) is 0 Å². The van der Waals surface area contributed by atoms with Crippen molar-refractivity contribution in [3.05, 3.63) is 185 Å². The molecular formula is C49H54N2. The number of allylic oxidation sites excluding steroid dienone is 5. The highest BCUT2D eigenvalue weighted by Gasteiger charge is 2.20. The number of rotatable bonds is 11. The molecule has 0 heterocycles. The van der Waals surface area contributed by atoms with Crippen LogP contribution in [0.1, 0.15) is 88.1 Å². The van der Waals surface area contributed by atoms with Gasteiger partial charge >= 0.3 is 0 Å². The van der Waals surface area contributed by atoms with Gasteiger partial charge in [0.2, 0.25) is 0 Å². The van der Waals surface area contributed by atoms with E-state index in [1.807, 2.05) is 13.8 Å². The van der Waals surface area contributed by atoms with Gasteiger partial charge in [-0.2, -0.15) is 0 Å². The second-order valence-electron chi connectivity index (χ2n) is 13.1. The van der Waals surface area contributed by atoms with Gasteiger partial charge in [0.25, 0.3) is 0 Å². The lowest BCUT2D eigenvalue weighted by Crippen LogP contribution is -2.18. The molecule has 0 spiro atoms. The summed E-state index contributed by atoms with van der Waals surface area (Å²) < 4.78 is 0. The third-order valence-electron chi connectivity index (χ3n) is 9.34. The van der Waals surface area contributed by atoms with Crippen LogP contribution in [-0.2, 0) is 6.42 Å². The zero-order chi connectivity index (χ0) is 36.2. The van der Waals surface area contributed by atoms with E-state index in [1.54, 1.807) is 0 Å². The Bertz CT molecular complexity index is 1970. The van der Waals surface area contributed by atoms with E-state index in [1.165, 1.54) is 50.5 Å². The summed E-state index contributed by atoms with van der Waals surface area (Å²) in [6, 6.07) is 43.9. The molecule has 0 aromatic heterocycles. The maximum Gasteiger partial charge on any atom is 0.0536 e. The maximum absolute atomic E-state index is 2.41. The Labute approximate surface area is 307 Å². The molecule has 0 amide bonds. The Morgan fingerprint density at radius 3 is 2.02 bits per heavy atom. The molecule has 51 heavy (non-hydrogen) atoms. The first-order chi connectivity index (χ1) is 25.0. The highest BCUT2D eigenvalue weighted by Crippen LogP contribution is 2.40. The van der Waals surface area contributed by atoms with E-state index in [2.05, 4.69) is 202 Å². The molecule has 5 aromatic carbocycles. The van der Waals surface area contributed by atoms with E-state index in [-0.39, 0.29) is 5.92 Å². The number of benzene rings is 5. The molecule has 1 atom stereocenters. The number of hydrogen-bond donors (Lipinski definition) is 0. The standard InChI is InChI=1S/C47H48N2.C2H6/c1-6-7-25-43-37(5)18-16-27-46(43)49(41-23-12-9-13-24-41)45(35(2)3)34-29-36(4)38-30-32-42(33-31-38)48(40-21-10-8-11-22-40)47-28-17-20-39-19-14-15-26-44(39)47;1-2/h7-13,15-18,20-34,36H,6,14,19H2,1-5H3;1-2H3/b25-7-,34-29-;. The minimum absolute atomic E-state index is 0.218. The fourth-order valence-corrected chi connectivity index (χ4v) is 6.69. The van der Waals surface area contributed by atoms with Gasteiger partial charge < -0.3 is 9.80 Å². The Kier molecular flexibility index (Phi) is 13.1. The zero-order valence-corrected chi connectivity index (χ0v) is 31.6. The van der Waals surface area contributed by atoms with Crippen LogP contribution in [0.4, 0.5) is 28.4 Å².